The Bertz CT molecular complexity index is 961. The van der Waals surface area contributed by atoms with E-state index >= 15 is 0 Å². The van der Waals surface area contributed by atoms with E-state index in [1.807, 2.05) is 30.3 Å². The summed E-state index contributed by atoms with van der Waals surface area (Å²) in [5.74, 6) is 0. The lowest BCUT2D eigenvalue weighted by Gasteiger charge is -2.26. The summed E-state index contributed by atoms with van der Waals surface area (Å²) in [7, 11) is 0. The largest absolute Gasteiger partial charge is 0.387 e. The maximum Gasteiger partial charge on any atom is 0.0924 e. The minimum atomic E-state index is -0.679. The molecule has 1 atom stereocenters. The Morgan fingerprint density at radius 2 is 1.71 bits per heavy atom. The molecule has 1 N–H and O–H groups in total. The van der Waals surface area contributed by atoms with Gasteiger partial charge in [0.05, 0.1) is 28.0 Å². The molecule has 4 nitrogen and oxygen atoms in total. The smallest absolute Gasteiger partial charge is 0.0924 e. The van der Waals surface area contributed by atoms with E-state index < -0.39 is 6.10 Å². The number of aliphatic hydroxyl groups excluding tert-OH is 1. The molecule has 2 heterocycles. The Balaban J connectivity index is 0.00000341. The minimum Gasteiger partial charge on any atom is -0.387 e. The van der Waals surface area contributed by atoms with Crippen molar-refractivity contribution in [3.8, 4) is 11.4 Å². The number of fused-ring (bicyclic) bond motifs is 1. The van der Waals surface area contributed by atoms with Crippen LogP contribution in [0, 0.1) is 0 Å². The number of benzene rings is 1. The molecule has 31 heavy (non-hydrogen) atoms. The third kappa shape index (κ3) is 6.77. The number of unbranched alkanes of at least 4 members (excludes halogenated alkanes) is 2. The summed E-state index contributed by atoms with van der Waals surface area (Å²) in [6.45, 7) is 6.89. The summed E-state index contributed by atoms with van der Waals surface area (Å²) >= 11 is 12.8. The second-order valence-corrected chi connectivity index (χ2v) is 8.46. The normalized spacial score (nSPS) is 12.2. The molecule has 0 saturated carbocycles. The Kier molecular flexibility index (Phi) is 10.5. The zero-order valence-corrected chi connectivity index (χ0v) is 20.3. The van der Waals surface area contributed by atoms with E-state index in [1.54, 1.807) is 12.3 Å². The molecular weight excluding hydrogens is 453 g/mol. The Labute approximate surface area is 201 Å². The highest BCUT2D eigenvalue weighted by Crippen LogP contribution is 2.34. The lowest BCUT2D eigenvalue weighted by atomic mass is 10.0. The van der Waals surface area contributed by atoms with Crippen LogP contribution >= 0.6 is 35.6 Å². The van der Waals surface area contributed by atoms with Crippen molar-refractivity contribution in [2.75, 3.05) is 19.6 Å². The Morgan fingerprint density at radius 1 is 1.00 bits per heavy atom. The van der Waals surface area contributed by atoms with E-state index in [0.29, 0.717) is 27.8 Å². The highest BCUT2D eigenvalue weighted by molar-refractivity contribution is 6.38. The number of rotatable bonds is 10. The second kappa shape index (κ2) is 12.6. The maximum absolute atomic E-state index is 11.3. The molecule has 168 valence electrons. The first kappa shape index (κ1) is 25.8. The third-order valence-corrected chi connectivity index (χ3v) is 5.74. The average Bonchev–Trinajstić information content (AvgIpc) is 2.75. The number of hydrogen-bond acceptors (Lipinski definition) is 4. The SMILES string of the molecule is CCCCN(CCCC)CC(O)c1cc(-c2ccccn2)nc2c(Cl)cc(Cl)cc12.Cl. The van der Waals surface area contributed by atoms with Crippen LogP contribution in [0.2, 0.25) is 10.0 Å². The molecule has 0 aliphatic heterocycles. The number of aliphatic hydroxyl groups is 1. The first-order valence-corrected chi connectivity index (χ1v) is 11.4. The molecule has 2 aromatic heterocycles. The number of halogens is 3. The lowest BCUT2D eigenvalue weighted by molar-refractivity contribution is 0.112. The second-order valence-electron chi connectivity index (χ2n) is 7.62. The molecule has 7 heteroatoms. The molecule has 0 radical (unpaired) electrons. The lowest BCUT2D eigenvalue weighted by Crippen LogP contribution is -2.31. The van der Waals surface area contributed by atoms with Crippen LogP contribution < -0.4 is 0 Å². The van der Waals surface area contributed by atoms with Gasteiger partial charge < -0.3 is 10.0 Å². The van der Waals surface area contributed by atoms with Crippen LogP contribution in [0.5, 0.6) is 0 Å². The molecule has 0 spiro atoms. The van der Waals surface area contributed by atoms with Gasteiger partial charge in [-0.2, -0.15) is 0 Å². The van der Waals surface area contributed by atoms with Crippen molar-refractivity contribution in [3.63, 3.8) is 0 Å². The van der Waals surface area contributed by atoms with Crippen LogP contribution in [-0.4, -0.2) is 39.6 Å². The van der Waals surface area contributed by atoms with Gasteiger partial charge in [-0.3, -0.25) is 4.98 Å². The van der Waals surface area contributed by atoms with Crippen molar-refractivity contribution < 1.29 is 5.11 Å². The van der Waals surface area contributed by atoms with E-state index in [1.165, 1.54) is 0 Å². The zero-order chi connectivity index (χ0) is 21.5. The third-order valence-electron chi connectivity index (χ3n) is 5.24. The molecular formula is C24H30Cl3N3O. The molecule has 0 aliphatic carbocycles. The Morgan fingerprint density at radius 3 is 2.32 bits per heavy atom. The van der Waals surface area contributed by atoms with Gasteiger partial charge >= 0.3 is 0 Å². The average molecular weight is 483 g/mol. The minimum absolute atomic E-state index is 0. The van der Waals surface area contributed by atoms with Gasteiger partial charge in [-0.05, 0) is 61.8 Å². The molecule has 0 aliphatic rings. The van der Waals surface area contributed by atoms with Gasteiger partial charge in [0.2, 0.25) is 0 Å². The van der Waals surface area contributed by atoms with Crippen molar-refractivity contribution >= 4 is 46.5 Å². The van der Waals surface area contributed by atoms with Gasteiger partial charge in [0, 0.05) is 23.2 Å². The van der Waals surface area contributed by atoms with Gasteiger partial charge in [-0.15, -0.1) is 12.4 Å². The highest BCUT2D eigenvalue weighted by Gasteiger charge is 2.20. The fraction of sp³-hybridized carbons (Fsp3) is 0.417. The van der Waals surface area contributed by atoms with Gasteiger partial charge in [0.15, 0.2) is 0 Å². The van der Waals surface area contributed by atoms with Crippen LogP contribution in [0.3, 0.4) is 0 Å². The van der Waals surface area contributed by atoms with Gasteiger partial charge in [-0.1, -0.05) is 56.0 Å². The van der Waals surface area contributed by atoms with Crippen LogP contribution in [0.15, 0.2) is 42.6 Å². The topological polar surface area (TPSA) is 49.2 Å². The summed E-state index contributed by atoms with van der Waals surface area (Å²) < 4.78 is 0. The van der Waals surface area contributed by atoms with E-state index in [4.69, 9.17) is 28.2 Å². The first-order chi connectivity index (χ1) is 14.5. The molecule has 3 aromatic rings. The summed E-state index contributed by atoms with van der Waals surface area (Å²) in [5, 5.41) is 13.0. The van der Waals surface area contributed by atoms with E-state index in [-0.39, 0.29) is 12.4 Å². The van der Waals surface area contributed by atoms with Crippen LogP contribution in [0.25, 0.3) is 22.3 Å². The monoisotopic (exact) mass is 481 g/mol. The number of pyridine rings is 2. The number of hydrogen-bond donors (Lipinski definition) is 1. The summed E-state index contributed by atoms with van der Waals surface area (Å²) in [6, 6.07) is 11.1. The maximum atomic E-state index is 11.3. The molecule has 3 rings (SSSR count). The highest BCUT2D eigenvalue weighted by atomic mass is 35.5. The summed E-state index contributed by atoms with van der Waals surface area (Å²) in [5.41, 5.74) is 2.85. The van der Waals surface area contributed by atoms with Crippen molar-refractivity contribution in [1.29, 1.82) is 0 Å². The summed E-state index contributed by atoms with van der Waals surface area (Å²) in [4.78, 5) is 11.5. The molecule has 0 saturated heterocycles. The zero-order valence-electron chi connectivity index (χ0n) is 18.0. The number of nitrogens with zero attached hydrogens (tertiary/aromatic N) is 3. The van der Waals surface area contributed by atoms with Crippen molar-refractivity contribution in [2.24, 2.45) is 0 Å². The molecule has 0 bridgehead atoms. The number of aromatic nitrogens is 2. The predicted octanol–water partition coefficient (Wildman–Crippen LogP) is 6.96. The fourth-order valence-corrected chi connectivity index (χ4v) is 4.14. The Hall–Kier alpha value is -1.43. The van der Waals surface area contributed by atoms with Crippen LogP contribution in [0.4, 0.5) is 0 Å². The standard InChI is InChI=1S/C24H29Cl2N3O.ClH/c1-3-5-11-29(12-6-4-2)16-23(30)18-15-22(21-9-7-8-10-27-21)28-24-19(18)13-17(25)14-20(24)26;/h7-10,13-15,23,30H,3-6,11-12,16H2,1-2H3;1H. The molecule has 1 aromatic carbocycles. The fourth-order valence-electron chi connectivity index (χ4n) is 3.60. The molecule has 0 amide bonds. The molecule has 1 unspecified atom stereocenters. The van der Waals surface area contributed by atoms with Crippen molar-refractivity contribution in [2.45, 2.75) is 45.6 Å². The predicted molar refractivity (Wildman–Crippen MR) is 133 cm³/mol. The van der Waals surface area contributed by atoms with Gasteiger partial charge in [-0.25, -0.2) is 4.98 Å². The van der Waals surface area contributed by atoms with E-state index in [9.17, 15) is 5.11 Å². The van der Waals surface area contributed by atoms with Crippen LogP contribution in [0.1, 0.15) is 51.2 Å². The van der Waals surface area contributed by atoms with Gasteiger partial charge in [0.25, 0.3) is 0 Å². The van der Waals surface area contributed by atoms with Crippen molar-refractivity contribution in [3.05, 3.63) is 58.2 Å². The van der Waals surface area contributed by atoms with E-state index in [0.717, 1.165) is 55.4 Å². The van der Waals surface area contributed by atoms with Crippen molar-refractivity contribution in [1.82, 2.24) is 14.9 Å². The summed E-state index contributed by atoms with van der Waals surface area (Å²) in [6.07, 6.45) is 5.55. The van der Waals surface area contributed by atoms with Gasteiger partial charge in [0.1, 0.15) is 0 Å². The quantitative estimate of drug-likeness (QED) is 0.339. The van der Waals surface area contributed by atoms with Crippen LogP contribution in [-0.2, 0) is 0 Å². The van der Waals surface area contributed by atoms with E-state index in [2.05, 4.69) is 23.7 Å². The molecule has 0 fully saturated rings. The first-order valence-electron chi connectivity index (χ1n) is 10.6.